The van der Waals surface area contributed by atoms with Gasteiger partial charge in [-0.25, -0.2) is 9.79 Å². The molecular weight excluding hydrogens is 134 g/mol. The molecule has 1 atom stereocenters. The van der Waals surface area contributed by atoms with E-state index in [-0.39, 0.29) is 12.5 Å². The van der Waals surface area contributed by atoms with Crippen LogP contribution in [0.5, 0.6) is 0 Å². The van der Waals surface area contributed by atoms with Crippen molar-refractivity contribution in [3.05, 3.63) is 0 Å². The predicted molar refractivity (Wildman–Crippen MR) is 34.5 cm³/mol. The number of carbonyl (C=O) groups excluding carboxylic acids is 1. The lowest BCUT2D eigenvalue weighted by molar-refractivity contribution is -0.137. The molecule has 4 heteroatoms. The summed E-state index contributed by atoms with van der Waals surface area (Å²) in [6.45, 7) is 1.67. The molecule has 0 fully saturated rings. The van der Waals surface area contributed by atoms with E-state index in [0.29, 0.717) is 6.42 Å². The van der Waals surface area contributed by atoms with Crippen LogP contribution in [-0.2, 0) is 9.59 Å². The Morgan fingerprint density at radius 3 is 2.80 bits per heavy atom. The number of hydrogen-bond donors (Lipinski definition) is 1. The maximum Gasteiger partial charge on any atom is 0.303 e. The van der Waals surface area contributed by atoms with Gasteiger partial charge in [-0.05, 0) is 13.3 Å². The van der Waals surface area contributed by atoms with Gasteiger partial charge in [-0.1, -0.05) is 0 Å². The highest BCUT2D eigenvalue weighted by atomic mass is 16.4. The number of aliphatic carboxylic acids is 1. The van der Waals surface area contributed by atoms with Crippen molar-refractivity contribution in [2.75, 3.05) is 0 Å². The zero-order valence-electron chi connectivity index (χ0n) is 5.70. The summed E-state index contributed by atoms with van der Waals surface area (Å²) in [4.78, 5) is 22.9. The van der Waals surface area contributed by atoms with Crippen molar-refractivity contribution in [2.24, 2.45) is 4.99 Å². The van der Waals surface area contributed by atoms with Crippen molar-refractivity contribution in [3.8, 4) is 0 Å². The van der Waals surface area contributed by atoms with Crippen LogP contribution in [0.25, 0.3) is 0 Å². The van der Waals surface area contributed by atoms with Crippen LogP contribution in [0, 0.1) is 0 Å². The third-order valence-corrected chi connectivity index (χ3v) is 1.05. The quantitative estimate of drug-likeness (QED) is 0.462. The van der Waals surface area contributed by atoms with E-state index >= 15 is 0 Å². The Labute approximate surface area is 58.6 Å². The van der Waals surface area contributed by atoms with E-state index in [9.17, 15) is 9.59 Å². The summed E-state index contributed by atoms with van der Waals surface area (Å²) in [6, 6.07) is -0.228. The minimum absolute atomic E-state index is 0.0480. The molecule has 56 valence electrons. The summed E-state index contributed by atoms with van der Waals surface area (Å²) in [5, 5.41) is 8.19. The smallest absolute Gasteiger partial charge is 0.303 e. The number of carboxylic acid groups (broad SMARTS) is 1. The zero-order valence-corrected chi connectivity index (χ0v) is 5.70. The molecule has 0 aliphatic carbocycles. The molecule has 0 saturated carbocycles. The molecule has 0 saturated heterocycles. The van der Waals surface area contributed by atoms with Gasteiger partial charge in [-0.15, -0.1) is 0 Å². The van der Waals surface area contributed by atoms with Gasteiger partial charge >= 0.3 is 5.97 Å². The fraction of sp³-hybridized carbons (Fsp3) is 0.667. The molecule has 0 aromatic rings. The van der Waals surface area contributed by atoms with Crippen LogP contribution >= 0.6 is 0 Å². The lowest BCUT2D eigenvalue weighted by atomic mass is 10.2. The molecule has 0 spiro atoms. The van der Waals surface area contributed by atoms with Crippen molar-refractivity contribution < 1.29 is 14.7 Å². The monoisotopic (exact) mass is 143 g/mol. The summed E-state index contributed by atoms with van der Waals surface area (Å²) >= 11 is 0. The Bertz CT molecular complexity index is 160. The van der Waals surface area contributed by atoms with Crippen LogP contribution in [-0.4, -0.2) is 23.2 Å². The fourth-order valence-corrected chi connectivity index (χ4v) is 0.487. The molecule has 0 rings (SSSR count). The Morgan fingerprint density at radius 1 is 1.80 bits per heavy atom. The molecule has 4 nitrogen and oxygen atoms in total. The lowest BCUT2D eigenvalue weighted by Crippen LogP contribution is -2.02. The van der Waals surface area contributed by atoms with Crippen LogP contribution < -0.4 is 0 Å². The summed E-state index contributed by atoms with van der Waals surface area (Å²) in [7, 11) is 0. The Hall–Kier alpha value is -1.15. The number of rotatable bonds is 4. The number of carbonyl (C=O) groups is 1. The van der Waals surface area contributed by atoms with Crippen molar-refractivity contribution in [1.82, 2.24) is 0 Å². The first-order valence-electron chi connectivity index (χ1n) is 2.95. The molecular formula is C6H9NO3. The van der Waals surface area contributed by atoms with E-state index in [0.717, 1.165) is 0 Å². The van der Waals surface area contributed by atoms with Crippen molar-refractivity contribution >= 4 is 12.0 Å². The van der Waals surface area contributed by atoms with Gasteiger partial charge in [-0.3, -0.25) is 4.79 Å². The normalized spacial score (nSPS) is 11.7. The van der Waals surface area contributed by atoms with Crippen molar-refractivity contribution in [3.63, 3.8) is 0 Å². The second-order valence-corrected chi connectivity index (χ2v) is 2.00. The van der Waals surface area contributed by atoms with E-state index in [1.807, 2.05) is 0 Å². The third kappa shape index (κ3) is 5.00. The van der Waals surface area contributed by atoms with Gasteiger partial charge in [0, 0.05) is 6.42 Å². The first kappa shape index (κ1) is 8.85. The van der Waals surface area contributed by atoms with Crippen LogP contribution in [0.15, 0.2) is 4.99 Å². The number of aliphatic imine (C=N–C) groups is 1. The molecule has 0 radical (unpaired) electrons. The van der Waals surface area contributed by atoms with Gasteiger partial charge < -0.3 is 5.11 Å². The predicted octanol–water partition coefficient (Wildman–Crippen LogP) is 0.575. The van der Waals surface area contributed by atoms with Gasteiger partial charge in [0.2, 0.25) is 6.08 Å². The summed E-state index contributed by atoms with van der Waals surface area (Å²) in [5.74, 6) is -0.868. The van der Waals surface area contributed by atoms with E-state index in [1.54, 1.807) is 6.92 Å². The minimum Gasteiger partial charge on any atom is -0.481 e. The second-order valence-electron chi connectivity index (χ2n) is 2.00. The number of carboxylic acids is 1. The van der Waals surface area contributed by atoms with Crippen LogP contribution in [0.3, 0.4) is 0 Å². The van der Waals surface area contributed by atoms with Gasteiger partial charge in [0.25, 0.3) is 0 Å². The maximum absolute atomic E-state index is 9.97. The van der Waals surface area contributed by atoms with Crippen LogP contribution in [0.2, 0.25) is 0 Å². The standard InChI is InChI=1S/C6H9NO3/c1-5(7-4-8)2-3-6(9)10/h5H,2-3H2,1H3,(H,9,10). The van der Waals surface area contributed by atoms with Gasteiger partial charge in [-0.2, -0.15) is 0 Å². The average Bonchev–Trinajstić information content (AvgIpc) is 1.85. The average molecular weight is 143 g/mol. The molecule has 10 heavy (non-hydrogen) atoms. The maximum atomic E-state index is 9.97. The SMILES string of the molecule is CC(CCC(=O)O)N=C=O. The first-order chi connectivity index (χ1) is 4.66. The van der Waals surface area contributed by atoms with E-state index in [4.69, 9.17) is 5.11 Å². The fourth-order valence-electron chi connectivity index (χ4n) is 0.487. The molecule has 1 N–H and O–H groups in total. The molecule has 0 aliphatic heterocycles. The van der Waals surface area contributed by atoms with E-state index in [2.05, 4.69) is 4.99 Å². The first-order valence-corrected chi connectivity index (χ1v) is 2.95. The highest BCUT2D eigenvalue weighted by Crippen LogP contribution is 1.98. The highest BCUT2D eigenvalue weighted by Gasteiger charge is 2.02. The lowest BCUT2D eigenvalue weighted by Gasteiger charge is -1.97. The van der Waals surface area contributed by atoms with E-state index < -0.39 is 5.97 Å². The Morgan fingerprint density at radius 2 is 2.40 bits per heavy atom. The minimum atomic E-state index is -0.868. The number of hydrogen-bond acceptors (Lipinski definition) is 3. The Balaban J connectivity index is 3.48. The Kier molecular flexibility index (Phi) is 4.16. The van der Waals surface area contributed by atoms with Crippen molar-refractivity contribution in [2.45, 2.75) is 25.8 Å². The van der Waals surface area contributed by atoms with Gasteiger partial charge in [0.1, 0.15) is 0 Å². The molecule has 0 aromatic carbocycles. The van der Waals surface area contributed by atoms with Crippen LogP contribution in [0.1, 0.15) is 19.8 Å². The topological polar surface area (TPSA) is 66.7 Å². The zero-order chi connectivity index (χ0) is 7.98. The molecule has 0 heterocycles. The van der Waals surface area contributed by atoms with Gasteiger partial charge in [0.15, 0.2) is 0 Å². The largest absolute Gasteiger partial charge is 0.481 e. The summed E-state index contributed by atoms with van der Waals surface area (Å²) < 4.78 is 0. The third-order valence-electron chi connectivity index (χ3n) is 1.05. The van der Waals surface area contributed by atoms with Gasteiger partial charge in [0.05, 0.1) is 6.04 Å². The number of nitrogens with zero attached hydrogens (tertiary/aromatic N) is 1. The summed E-state index contributed by atoms with van der Waals surface area (Å²) in [5.41, 5.74) is 0. The molecule has 0 aromatic heterocycles. The molecule has 0 amide bonds. The summed E-state index contributed by atoms with van der Waals surface area (Å²) in [6.07, 6.45) is 1.81. The molecule has 0 aliphatic rings. The van der Waals surface area contributed by atoms with Crippen molar-refractivity contribution in [1.29, 1.82) is 0 Å². The molecule has 1 unspecified atom stereocenters. The number of isocyanates is 1. The van der Waals surface area contributed by atoms with E-state index in [1.165, 1.54) is 6.08 Å². The molecule has 0 bridgehead atoms. The van der Waals surface area contributed by atoms with Crippen LogP contribution in [0.4, 0.5) is 0 Å². The highest BCUT2D eigenvalue weighted by molar-refractivity contribution is 5.66. The second kappa shape index (κ2) is 4.70.